The molecule has 0 unspecified atom stereocenters. The quantitative estimate of drug-likeness (QED) is 0.0737. The average molecular weight is 864 g/mol. The largest absolute Gasteiger partial charge is 0.507 e. The Kier molecular flexibility index (Phi) is 16.4. The summed E-state index contributed by atoms with van der Waals surface area (Å²) < 4.78 is 0. The van der Waals surface area contributed by atoms with E-state index in [0.29, 0.717) is 30.5 Å². The van der Waals surface area contributed by atoms with Crippen molar-refractivity contribution in [2.45, 2.75) is 83.1 Å². The average Bonchev–Trinajstić information content (AvgIpc) is 3.27. The van der Waals surface area contributed by atoms with Gasteiger partial charge in [0.2, 0.25) is 17.7 Å². The molecule has 63 heavy (non-hydrogen) atoms. The van der Waals surface area contributed by atoms with E-state index >= 15 is 0 Å². The molecule has 4 bridgehead atoms. The van der Waals surface area contributed by atoms with Gasteiger partial charge in [0.05, 0.1) is 5.92 Å². The maximum absolute atomic E-state index is 14.4. The molecule has 4 aromatic rings. The standard InChI is InChI=1S/C47H57N7O9/c1-4-5-8-28-10-13-30(14-11-28)31-15-17-32(18-16-31)43(58)50-26-27(2)42(57)51-36(9-6-7-22-48)46(61)54(3)40-33-19-21-39(56)35(25-33)34-23-29(12-20-38(34)55)24-37(47(62)63)52-45(60)41(49)53-44(40)59/h10-21,23,25,27,36-37,40-41,55-56H,4-9,22,24,26,48-49H2,1-3H3,(H,50,58)(H,51,57)(H,52,60)(H,53,59)(H,62,63)/t27-,36+,37+,40+,41-/m1/s1. The zero-order valence-electron chi connectivity index (χ0n) is 35.7. The van der Waals surface area contributed by atoms with Crippen molar-refractivity contribution >= 4 is 35.5 Å². The van der Waals surface area contributed by atoms with Crippen LogP contribution in [0.5, 0.6) is 11.5 Å². The molecule has 0 saturated carbocycles. The van der Waals surface area contributed by atoms with Gasteiger partial charge in [-0.3, -0.25) is 24.0 Å². The van der Waals surface area contributed by atoms with Crippen LogP contribution in [0.1, 0.15) is 79.0 Å². The SMILES string of the molecule is CCCCc1ccc(-c2ccc(C(=O)NC[C@@H](C)C(=O)N[C@@H](CCCCN)C(=O)N(C)[C@@H]3C(=O)N[C@@H](N)C(=O)N[C@H](C(=O)O)Cc4ccc(O)c(c4)-c4cc3ccc4O)cc2)cc1. The summed E-state index contributed by atoms with van der Waals surface area (Å²) in [5.74, 6) is -6.32. The number of phenolic OH excluding ortho intramolecular Hbond substituents is 2. The Hall–Kier alpha value is -6.78. The van der Waals surface area contributed by atoms with E-state index in [1.165, 1.54) is 49.0 Å². The van der Waals surface area contributed by atoms with Gasteiger partial charge in [0.25, 0.3) is 11.8 Å². The molecule has 0 fully saturated rings. The number of benzene rings is 4. The number of carboxylic acid groups (broad SMARTS) is 1. The fourth-order valence-electron chi connectivity index (χ4n) is 7.35. The highest BCUT2D eigenvalue weighted by molar-refractivity contribution is 5.97. The zero-order valence-corrected chi connectivity index (χ0v) is 35.7. The Balaban J connectivity index is 1.34. The van der Waals surface area contributed by atoms with Crippen molar-refractivity contribution < 1.29 is 44.1 Å². The maximum Gasteiger partial charge on any atom is 0.326 e. The second-order valence-corrected chi connectivity index (χ2v) is 15.9. The number of nitrogens with one attached hydrogen (secondary N) is 4. The predicted octanol–water partition coefficient (Wildman–Crippen LogP) is 3.48. The van der Waals surface area contributed by atoms with Crippen LogP contribution in [0.4, 0.5) is 0 Å². The number of carboxylic acids is 1. The number of carbonyl (C=O) groups excluding carboxylic acids is 5. The number of fused-ring (bicyclic) bond motifs is 5. The molecule has 0 aromatic heterocycles. The van der Waals surface area contributed by atoms with E-state index in [0.717, 1.165) is 35.3 Å². The van der Waals surface area contributed by atoms with Gasteiger partial charge in [0.1, 0.15) is 29.6 Å². The summed E-state index contributed by atoms with van der Waals surface area (Å²) in [4.78, 5) is 81.7. The molecular formula is C47H57N7O9. The number of amides is 5. The number of nitrogens with two attached hydrogens (primary N) is 2. The summed E-state index contributed by atoms with van der Waals surface area (Å²) in [7, 11) is 1.33. The molecule has 0 aliphatic carbocycles. The van der Waals surface area contributed by atoms with E-state index in [1.54, 1.807) is 19.1 Å². The number of aryl methyl sites for hydroxylation is 1. The molecule has 334 valence electrons. The van der Waals surface area contributed by atoms with Crippen LogP contribution in [-0.2, 0) is 36.8 Å². The monoisotopic (exact) mass is 863 g/mol. The summed E-state index contributed by atoms with van der Waals surface area (Å²) in [6.07, 6.45) is 2.39. The number of likely N-dealkylation sites (N-methyl/N-ethyl adjacent to an activating group) is 1. The van der Waals surface area contributed by atoms with Crippen molar-refractivity contribution in [1.82, 2.24) is 26.2 Å². The molecule has 1 heterocycles. The fourth-order valence-corrected chi connectivity index (χ4v) is 7.35. The summed E-state index contributed by atoms with van der Waals surface area (Å²) in [5.41, 5.74) is 16.2. The van der Waals surface area contributed by atoms with E-state index in [-0.39, 0.29) is 53.5 Å². The van der Waals surface area contributed by atoms with Crippen molar-refractivity contribution in [3.05, 3.63) is 107 Å². The lowest BCUT2D eigenvalue weighted by Gasteiger charge is -2.32. The minimum Gasteiger partial charge on any atom is -0.507 e. The van der Waals surface area contributed by atoms with Gasteiger partial charge in [0.15, 0.2) is 6.17 Å². The van der Waals surface area contributed by atoms with Crippen molar-refractivity contribution in [3.63, 3.8) is 0 Å². The molecule has 1 aliphatic rings. The zero-order chi connectivity index (χ0) is 45.8. The minimum atomic E-state index is -1.75. The predicted molar refractivity (Wildman–Crippen MR) is 237 cm³/mol. The van der Waals surface area contributed by atoms with Gasteiger partial charge in [-0.05, 0) is 103 Å². The fraction of sp³-hybridized carbons (Fsp3) is 0.362. The van der Waals surface area contributed by atoms with E-state index in [9.17, 15) is 44.1 Å². The van der Waals surface area contributed by atoms with Crippen molar-refractivity contribution in [1.29, 1.82) is 0 Å². The number of aromatic hydroxyl groups is 2. The Morgan fingerprint density at radius 3 is 2.11 bits per heavy atom. The molecule has 0 saturated heterocycles. The van der Waals surface area contributed by atoms with Gasteiger partial charge < -0.3 is 53.0 Å². The maximum atomic E-state index is 14.4. The van der Waals surface area contributed by atoms with Gasteiger partial charge in [0, 0.05) is 36.7 Å². The summed E-state index contributed by atoms with van der Waals surface area (Å²) >= 11 is 0. The van der Waals surface area contributed by atoms with Crippen molar-refractivity contribution in [3.8, 4) is 33.8 Å². The Morgan fingerprint density at radius 1 is 0.841 bits per heavy atom. The Labute approximate surface area is 366 Å². The number of rotatable bonds is 16. The van der Waals surface area contributed by atoms with Gasteiger partial charge in [-0.15, -0.1) is 0 Å². The summed E-state index contributed by atoms with van der Waals surface area (Å²) in [6, 6.07) is 19.6. The summed E-state index contributed by atoms with van der Waals surface area (Å²) in [5, 5.41) is 42.0. The third kappa shape index (κ3) is 12.2. The molecule has 5 rings (SSSR count). The molecule has 5 amide bonds. The molecule has 0 spiro atoms. The number of carbonyl (C=O) groups is 6. The van der Waals surface area contributed by atoms with Crippen LogP contribution in [0.2, 0.25) is 0 Å². The molecule has 1 aliphatic heterocycles. The number of hydrogen-bond donors (Lipinski definition) is 9. The van der Waals surface area contributed by atoms with Crippen molar-refractivity contribution in [2.24, 2.45) is 17.4 Å². The van der Waals surface area contributed by atoms with Crippen LogP contribution >= 0.6 is 0 Å². The van der Waals surface area contributed by atoms with E-state index in [1.807, 2.05) is 12.1 Å². The number of unbranched alkanes of at least 4 members (excludes halogenated alkanes) is 2. The first-order chi connectivity index (χ1) is 30.1. The van der Waals surface area contributed by atoms with Crippen LogP contribution in [-0.4, -0.2) is 94.1 Å². The van der Waals surface area contributed by atoms with Crippen LogP contribution < -0.4 is 32.7 Å². The number of phenols is 2. The first-order valence-corrected chi connectivity index (χ1v) is 21.1. The Morgan fingerprint density at radius 2 is 1.48 bits per heavy atom. The highest BCUT2D eigenvalue weighted by Crippen LogP contribution is 2.39. The normalized spacial score (nSPS) is 17.3. The molecule has 16 heteroatoms. The van der Waals surface area contributed by atoms with Gasteiger partial charge in [-0.25, -0.2) is 4.79 Å². The van der Waals surface area contributed by atoms with Crippen LogP contribution in [0.25, 0.3) is 22.3 Å². The second-order valence-electron chi connectivity index (χ2n) is 15.9. The third-order valence-corrected chi connectivity index (χ3v) is 11.1. The van der Waals surface area contributed by atoms with E-state index in [4.69, 9.17) is 11.5 Å². The number of hydrogen-bond acceptors (Lipinski definition) is 10. The highest BCUT2D eigenvalue weighted by atomic mass is 16.4. The van der Waals surface area contributed by atoms with Crippen LogP contribution in [0.15, 0.2) is 84.9 Å². The molecule has 5 atom stereocenters. The smallest absolute Gasteiger partial charge is 0.326 e. The lowest BCUT2D eigenvalue weighted by atomic mass is 9.93. The molecular weight excluding hydrogens is 807 g/mol. The van der Waals surface area contributed by atoms with Crippen LogP contribution in [0, 0.1) is 5.92 Å². The number of nitrogens with zero attached hydrogens (tertiary/aromatic N) is 1. The highest BCUT2D eigenvalue weighted by Gasteiger charge is 2.36. The van der Waals surface area contributed by atoms with Gasteiger partial charge in [-0.1, -0.05) is 68.8 Å². The van der Waals surface area contributed by atoms with Gasteiger partial charge in [-0.2, -0.15) is 0 Å². The van der Waals surface area contributed by atoms with Crippen molar-refractivity contribution in [2.75, 3.05) is 20.1 Å². The minimum absolute atomic E-state index is 0.0523. The molecule has 11 N–H and O–H groups in total. The second kappa shape index (κ2) is 21.8. The van der Waals surface area contributed by atoms with Gasteiger partial charge >= 0.3 is 5.97 Å². The number of aliphatic carboxylic acids is 1. The van der Waals surface area contributed by atoms with E-state index < -0.39 is 59.8 Å². The first-order valence-electron chi connectivity index (χ1n) is 21.1. The lowest BCUT2D eigenvalue weighted by molar-refractivity contribution is -0.144. The Bertz CT molecular complexity index is 2280. The molecule has 16 nitrogen and oxygen atoms in total. The topological polar surface area (TPSA) is 267 Å². The summed E-state index contributed by atoms with van der Waals surface area (Å²) in [6.45, 7) is 4.02. The van der Waals surface area contributed by atoms with Crippen LogP contribution in [0.3, 0.4) is 0 Å². The molecule has 0 radical (unpaired) electrons. The first kappa shape index (κ1) is 47.3. The molecule has 4 aromatic carbocycles. The lowest BCUT2D eigenvalue weighted by Crippen LogP contribution is -2.58. The third-order valence-electron chi connectivity index (χ3n) is 11.1. The van der Waals surface area contributed by atoms with E-state index in [2.05, 4.69) is 52.5 Å².